The Hall–Kier alpha value is -2.47. The number of hydrogen-bond acceptors (Lipinski definition) is 6. The molecule has 6 heteroatoms. The van der Waals surface area contributed by atoms with Crippen LogP contribution in [0.4, 0.5) is 0 Å². The van der Waals surface area contributed by atoms with Gasteiger partial charge in [0.1, 0.15) is 0 Å². The smallest absolute Gasteiger partial charge is 0.380 e. The van der Waals surface area contributed by atoms with E-state index in [1.54, 1.807) is 19.9 Å². The Labute approximate surface area is 144 Å². The first kappa shape index (κ1) is 17.9. The quantitative estimate of drug-likeness (QED) is 0.454. The van der Waals surface area contributed by atoms with Crippen molar-refractivity contribution in [2.75, 3.05) is 13.2 Å². The molecule has 1 aromatic carbocycles. The summed E-state index contributed by atoms with van der Waals surface area (Å²) in [5, 5.41) is 0. The van der Waals surface area contributed by atoms with Crippen LogP contribution in [0.5, 0.6) is 0 Å². The minimum absolute atomic E-state index is 0.0440. The maximum Gasteiger partial charge on any atom is 0.380 e. The first-order valence-corrected chi connectivity index (χ1v) is 8.39. The second-order valence-electron chi connectivity index (χ2n) is 4.99. The molecule has 0 atom stereocenters. The number of thiophene rings is 1. The van der Waals surface area contributed by atoms with Crippen molar-refractivity contribution in [3.05, 3.63) is 46.3 Å². The van der Waals surface area contributed by atoms with E-state index >= 15 is 0 Å². The summed E-state index contributed by atoms with van der Waals surface area (Å²) in [6, 6.07) is 9.25. The highest BCUT2D eigenvalue weighted by Crippen LogP contribution is 2.33. The van der Waals surface area contributed by atoms with Gasteiger partial charge >= 0.3 is 11.9 Å². The van der Waals surface area contributed by atoms with Crippen LogP contribution in [0, 0.1) is 6.92 Å². The number of ketones is 1. The van der Waals surface area contributed by atoms with Gasteiger partial charge in [-0.1, -0.05) is 29.8 Å². The highest BCUT2D eigenvalue weighted by atomic mass is 32.1. The minimum Gasteiger partial charge on any atom is -0.462 e. The van der Waals surface area contributed by atoms with E-state index in [1.165, 1.54) is 0 Å². The Balaban J connectivity index is 2.47. The molecular formula is C18H18O5S. The van der Waals surface area contributed by atoms with Gasteiger partial charge in [0.2, 0.25) is 0 Å². The van der Waals surface area contributed by atoms with Gasteiger partial charge in [0.25, 0.3) is 5.78 Å². The molecule has 0 saturated carbocycles. The van der Waals surface area contributed by atoms with Gasteiger partial charge in [-0.15, -0.1) is 11.3 Å². The maximum atomic E-state index is 12.3. The van der Waals surface area contributed by atoms with Crippen molar-refractivity contribution in [1.82, 2.24) is 0 Å². The summed E-state index contributed by atoms with van der Waals surface area (Å²) in [5.74, 6) is -2.43. The van der Waals surface area contributed by atoms with Crippen LogP contribution < -0.4 is 0 Å². The van der Waals surface area contributed by atoms with Gasteiger partial charge in [-0.05, 0) is 32.4 Å². The Kier molecular flexibility index (Phi) is 5.87. The third kappa shape index (κ3) is 3.89. The zero-order chi connectivity index (χ0) is 17.7. The zero-order valence-corrected chi connectivity index (χ0v) is 14.6. The van der Waals surface area contributed by atoms with Gasteiger partial charge in [0, 0.05) is 4.88 Å². The fourth-order valence-corrected chi connectivity index (χ4v) is 3.15. The number of ether oxygens (including phenoxy) is 2. The summed E-state index contributed by atoms with van der Waals surface area (Å²) < 4.78 is 9.74. The van der Waals surface area contributed by atoms with Crippen molar-refractivity contribution in [3.8, 4) is 10.4 Å². The zero-order valence-electron chi connectivity index (χ0n) is 13.8. The van der Waals surface area contributed by atoms with Crippen LogP contribution in [0.1, 0.15) is 39.4 Å². The fourth-order valence-electron chi connectivity index (χ4n) is 2.07. The Morgan fingerprint density at radius 3 is 2.21 bits per heavy atom. The molecule has 0 amide bonds. The van der Waals surface area contributed by atoms with E-state index in [1.807, 2.05) is 31.2 Å². The third-order valence-electron chi connectivity index (χ3n) is 3.23. The topological polar surface area (TPSA) is 69.7 Å². The van der Waals surface area contributed by atoms with E-state index in [-0.39, 0.29) is 23.7 Å². The van der Waals surface area contributed by atoms with Gasteiger partial charge in [-0.2, -0.15) is 0 Å². The molecule has 0 saturated heterocycles. The molecule has 0 spiro atoms. The number of aryl methyl sites for hydroxylation is 1. The average molecular weight is 346 g/mol. The molecule has 1 aromatic heterocycles. The van der Waals surface area contributed by atoms with Crippen LogP contribution in [-0.4, -0.2) is 30.9 Å². The average Bonchev–Trinajstić information content (AvgIpc) is 3.00. The van der Waals surface area contributed by atoms with Crippen LogP contribution in [0.2, 0.25) is 0 Å². The maximum absolute atomic E-state index is 12.3. The number of hydrogen-bond donors (Lipinski definition) is 0. The monoisotopic (exact) mass is 346 g/mol. The molecule has 0 aliphatic carbocycles. The van der Waals surface area contributed by atoms with Crippen LogP contribution in [0.25, 0.3) is 10.4 Å². The predicted molar refractivity (Wildman–Crippen MR) is 91.4 cm³/mol. The standard InChI is InChI=1S/C18H18O5S/c1-4-22-17(20)13-10-14(12-8-6-11(3)7-9-12)24-16(13)15(19)18(21)23-5-2/h6-10H,4-5H2,1-3H3. The van der Waals surface area contributed by atoms with Crippen LogP contribution in [0.15, 0.2) is 30.3 Å². The Bertz CT molecular complexity index is 758. The van der Waals surface area contributed by atoms with E-state index < -0.39 is 17.7 Å². The lowest BCUT2D eigenvalue weighted by molar-refractivity contribution is -0.137. The molecule has 0 radical (unpaired) electrons. The van der Waals surface area contributed by atoms with Crippen molar-refractivity contribution >= 4 is 29.1 Å². The summed E-state index contributed by atoms with van der Waals surface area (Å²) in [7, 11) is 0. The van der Waals surface area contributed by atoms with E-state index in [0.717, 1.165) is 22.5 Å². The van der Waals surface area contributed by atoms with Crippen molar-refractivity contribution < 1.29 is 23.9 Å². The SMILES string of the molecule is CCOC(=O)C(=O)c1sc(-c2ccc(C)cc2)cc1C(=O)OCC. The van der Waals surface area contributed by atoms with Gasteiger partial charge in [-0.3, -0.25) is 4.79 Å². The largest absolute Gasteiger partial charge is 0.462 e. The number of Topliss-reactive ketones (excluding diaryl/α,β-unsaturated/α-hetero) is 1. The molecular weight excluding hydrogens is 328 g/mol. The number of carbonyl (C=O) groups excluding carboxylic acids is 3. The summed E-state index contributed by atoms with van der Waals surface area (Å²) >= 11 is 1.08. The second kappa shape index (κ2) is 7.88. The van der Waals surface area contributed by atoms with Crippen molar-refractivity contribution in [2.24, 2.45) is 0 Å². The highest BCUT2D eigenvalue weighted by molar-refractivity contribution is 7.18. The lowest BCUT2D eigenvalue weighted by Crippen LogP contribution is -2.19. The minimum atomic E-state index is -0.972. The molecule has 1 heterocycles. The summed E-state index contributed by atoms with van der Waals surface area (Å²) in [5.41, 5.74) is 2.05. The Morgan fingerprint density at radius 1 is 1.00 bits per heavy atom. The molecule has 0 aliphatic heterocycles. The molecule has 0 fully saturated rings. The summed E-state index contributed by atoms with van der Waals surface area (Å²) in [4.78, 5) is 36.9. The number of benzene rings is 1. The van der Waals surface area contributed by atoms with Crippen LogP contribution in [0.3, 0.4) is 0 Å². The van der Waals surface area contributed by atoms with E-state index in [9.17, 15) is 14.4 Å². The number of rotatable bonds is 6. The molecule has 0 unspecified atom stereocenters. The van der Waals surface area contributed by atoms with E-state index in [2.05, 4.69) is 0 Å². The molecule has 2 rings (SSSR count). The summed E-state index contributed by atoms with van der Waals surface area (Å²) in [6.45, 7) is 5.54. The summed E-state index contributed by atoms with van der Waals surface area (Å²) in [6.07, 6.45) is 0. The number of esters is 2. The number of carbonyl (C=O) groups is 3. The molecule has 2 aromatic rings. The predicted octanol–water partition coefficient (Wildman–Crippen LogP) is 3.65. The van der Waals surface area contributed by atoms with E-state index in [4.69, 9.17) is 9.47 Å². The van der Waals surface area contributed by atoms with Crippen molar-refractivity contribution in [3.63, 3.8) is 0 Å². The van der Waals surface area contributed by atoms with E-state index in [0.29, 0.717) is 4.88 Å². The van der Waals surface area contributed by atoms with Gasteiger partial charge in [0.15, 0.2) is 0 Å². The third-order valence-corrected chi connectivity index (χ3v) is 4.41. The molecule has 0 N–H and O–H groups in total. The molecule has 0 bridgehead atoms. The van der Waals surface area contributed by atoms with Crippen molar-refractivity contribution in [2.45, 2.75) is 20.8 Å². The van der Waals surface area contributed by atoms with Crippen molar-refractivity contribution in [1.29, 1.82) is 0 Å². The Morgan fingerprint density at radius 2 is 1.62 bits per heavy atom. The first-order valence-electron chi connectivity index (χ1n) is 7.57. The fraction of sp³-hybridized carbons (Fsp3) is 0.278. The lowest BCUT2D eigenvalue weighted by atomic mass is 10.1. The van der Waals surface area contributed by atoms with Crippen LogP contribution >= 0.6 is 11.3 Å². The van der Waals surface area contributed by atoms with Gasteiger partial charge < -0.3 is 9.47 Å². The molecule has 0 aliphatic rings. The normalized spacial score (nSPS) is 10.3. The van der Waals surface area contributed by atoms with Gasteiger partial charge in [0.05, 0.1) is 23.7 Å². The molecule has 5 nitrogen and oxygen atoms in total. The first-order chi connectivity index (χ1) is 11.5. The molecule has 24 heavy (non-hydrogen) atoms. The second-order valence-corrected chi connectivity index (χ2v) is 6.04. The molecule has 126 valence electrons. The van der Waals surface area contributed by atoms with Gasteiger partial charge in [-0.25, -0.2) is 9.59 Å². The van der Waals surface area contributed by atoms with Crippen LogP contribution in [-0.2, 0) is 14.3 Å². The highest BCUT2D eigenvalue weighted by Gasteiger charge is 2.28. The lowest BCUT2D eigenvalue weighted by Gasteiger charge is -2.02.